The molecule has 0 bridgehead atoms. The van der Waals surface area contributed by atoms with Crippen LogP contribution in [0.15, 0.2) is 24.9 Å². The fraction of sp³-hybridized carbons (Fsp3) is 0.680. The first-order valence-electron chi connectivity index (χ1n) is 12.1. The SMILES string of the molecule is C=C(CN)c1cccnc1O[C@@H](C)CC1CC(NC(=O)C(CC2CCN(C)CC2)NC)C1. The zero-order valence-corrected chi connectivity index (χ0v) is 20.0. The number of carbonyl (C=O) groups excluding carboxylic acids is 1. The Hall–Kier alpha value is -1.96. The topological polar surface area (TPSA) is 92.5 Å². The quantitative estimate of drug-likeness (QED) is 0.486. The number of nitrogens with two attached hydrogens (primary N) is 1. The molecule has 0 spiro atoms. The van der Waals surface area contributed by atoms with E-state index in [0.717, 1.165) is 49.9 Å². The van der Waals surface area contributed by atoms with E-state index in [2.05, 4.69) is 41.1 Å². The van der Waals surface area contributed by atoms with Crippen LogP contribution in [0.25, 0.3) is 5.57 Å². The van der Waals surface area contributed by atoms with Gasteiger partial charge in [0.15, 0.2) is 0 Å². The van der Waals surface area contributed by atoms with Crippen molar-refractivity contribution in [2.24, 2.45) is 17.6 Å². The van der Waals surface area contributed by atoms with Crippen molar-refractivity contribution in [3.8, 4) is 5.88 Å². The third-order valence-electron chi connectivity index (χ3n) is 7.03. The number of ether oxygens (including phenoxy) is 1. The molecule has 178 valence electrons. The molecule has 0 aromatic carbocycles. The van der Waals surface area contributed by atoms with Gasteiger partial charge in [0.25, 0.3) is 0 Å². The number of hydrogen-bond donors (Lipinski definition) is 3. The Kier molecular flexibility index (Phi) is 9.08. The molecule has 1 unspecified atom stereocenters. The molecule has 1 saturated carbocycles. The number of rotatable bonds is 11. The van der Waals surface area contributed by atoms with E-state index in [4.69, 9.17) is 10.5 Å². The van der Waals surface area contributed by atoms with Crippen LogP contribution in [-0.2, 0) is 4.79 Å². The summed E-state index contributed by atoms with van der Waals surface area (Å²) in [5.74, 6) is 1.94. The van der Waals surface area contributed by atoms with Gasteiger partial charge in [-0.2, -0.15) is 0 Å². The number of nitrogens with zero attached hydrogens (tertiary/aromatic N) is 2. The molecule has 1 aromatic rings. The highest BCUT2D eigenvalue weighted by Crippen LogP contribution is 2.33. The molecule has 2 aliphatic rings. The molecular weight excluding hydrogens is 402 g/mol. The van der Waals surface area contributed by atoms with Crippen molar-refractivity contribution in [1.29, 1.82) is 0 Å². The second-order valence-electron chi connectivity index (χ2n) is 9.69. The zero-order chi connectivity index (χ0) is 23.1. The molecule has 2 atom stereocenters. The molecule has 2 fully saturated rings. The summed E-state index contributed by atoms with van der Waals surface area (Å²) < 4.78 is 6.11. The summed E-state index contributed by atoms with van der Waals surface area (Å²) in [6, 6.07) is 4.00. The minimum atomic E-state index is -0.0945. The Morgan fingerprint density at radius 1 is 1.31 bits per heavy atom. The highest BCUT2D eigenvalue weighted by Gasteiger charge is 2.33. The summed E-state index contributed by atoms with van der Waals surface area (Å²) in [6.45, 7) is 8.73. The first-order chi connectivity index (χ1) is 15.4. The molecule has 32 heavy (non-hydrogen) atoms. The third-order valence-corrected chi connectivity index (χ3v) is 7.03. The van der Waals surface area contributed by atoms with Crippen molar-refractivity contribution in [3.05, 3.63) is 30.5 Å². The molecule has 4 N–H and O–H groups in total. The Labute approximate surface area is 193 Å². The number of likely N-dealkylation sites (N-methyl/N-ethyl adjacent to an activating group) is 1. The van der Waals surface area contributed by atoms with E-state index in [1.807, 2.05) is 19.2 Å². The average Bonchev–Trinajstić information content (AvgIpc) is 2.76. The summed E-state index contributed by atoms with van der Waals surface area (Å²) in [7, 11) is 4.07. The zero-order valence-electron chi connectivity index (χ0n) is 20.0. The van der Waals surface area contributed by atoms with Gasteiger partial charge in [0.05, 0.1) is 12.1 Å². The maximum atomic E-state index is 12.8. The number of nitrogens with one attached hydrogen (secondary N) is 2. The lowest BCUT2D eigenvalue weighted by Gasteiger charge is -2.38. The molecule has 3 rings (SSSR count). The van der Waals surface area contributed by atoms with Gasteiger partial charge in [-0.1, -0.05) is 6.58 Å². The number of pyridine rings is 1. The van der Waals surface area contributed by atoms with Gasteiger partial charge in [-0.25, -0.2) is 4.98 Å². The molecule has 1 aliphatic heterocycles. The fourth-order valence-electron chi connectivity index (χ4n) is 4.91. The normalized spacial score (nSPS) is 23.8. The van der Waals surface area contributed by atoms with Gasteiger partial charge in [0.2, 0.25) is 11.8 Å². The van der Waals surface area contributed by atoms with Gasteiger partial charge < -0.3 is 26.0 Å². The van der Waals surface area contributed by atoms with Crippen LogP contribution in [0.2, 0.25) is 0 Å². The van der Waals surface area contributed by atoms with Crippen LogP contribution in [0.5, 0.6) is 5.88 Å². The predicted octanol–water partition coefficient (Wildman–Crippen LogP) is 2.43. The van der Waals surface area contributed by atoms with Crippen molar-refractivity contribution in [1.82, 2.24) is 20.5 Å². The smallest absolute Gasteiger partial charge is 0.237 e. The number of amides is 1. The van der Waals surface area contributed by atoms with Gasteiger partial charge in [-0.15, -0.1) is 0 Å². The number of hydrogen-bond acceptors (Lipinski definition) is 6. The predicted molar refractivity (Wildman–Crippen MR) is 129 cm³/mol. The average molecular weight is 444 g/mol. The fourth-order valence-corrected chi connectivity index (χ4v) is 4.91. The molecule has 2 heterocycles. The van der Waals surface area contributed by atoms with Crippen LogP contribution in [-0.4, -0.2) is 67.7 Å². The van der Waals surface area contributed by atoms with E-state index < -0.39 is 0 Å². The van der Waals surface area contributed by atoms with E-state index in [1.54, 1.807) is 6.20 Å². The second-order valence-corrected chi connectivity index (χ2v) is 9.69. The van der Waals surface area contributed by atoms with Crippen molar-refractivity contribution >= 4 is 11.5 Å². The monoisotopic (exact) mass is 443 g/mol. The largest absolute Gasteiger partial charge is 0.474 e. The van der Waals surface area contributed by atoms with Crippen LogP contribution in [0.3, 0.4) is 0 Å². The van der Waals surface area contributed by atoms with Crippen molar-refractivity contribution < 1.29 is 9.53 Å². The number of carbonyl (C=O) groups is 1. The highest BCUT2D eigenvalue weighted by atomic mass is 16.5. The number of piperidine rings is 1. The summed E-state index contributed by atoms with van der Waals surface area (Å²) >= 11 is 0. The lowest BCUT2D eigenvalue weighted by molar-refractivity contribution is -0.125. The van der Waals surface area contributed by atoms with E-state index in [1.165, 1.54) is 12.8 Å². The summed E-state index contributed by atoms with van der Waals surface area (Å²) in [4.78, 5) is 19.5. The minimum Gasteiger partial charge on any atom is -0.474 e. The molecule has 1 amide bonds. The lowest BCUT2D eigenvalue weighted by Crippen LogP contribution is -2.52. The van der Waals surface area contributed by atoms with Crippen molar-refractivity contribution in [2.75, 3.05) is 33.7 Å². The van der Waals surface area contributed by atoms with E-state index in [9.17, 15) is 4.79 Å². The molecule has 1 aromatic heterocycles. The van der Waals surface area contributed by atoms with Crippen LogP contribution < -0.4 is 21.1 Å². The number of aromatic nitrogens is 1. The third kappa shape index (κ3) is 6.77. The maximum absolute atomic E-state index is 12.8. The van der Waals surface area contributed by atoms with E-state index >= 15 is 0 Å². The summed E-state index contributed by atoms with van der Waals surface area (Å²) in [5, 5.41) is 6.49. The van der Waals surface area contributed by atoms with Gasteiger partial charge in [-0.3, -0.25) is 4.79 Å². The molecule has 0 radical (unpaired) electrons. The van der Waals surface area contributed by atoms with E-state index in [0.29, 0.717) is 24.3 Å². The number of likely N-dealkylation sites (tertiary alicyclic amines) is 1. The molecule has 1 aliphatic carbocycles. The minimum absolute atomic E-state index is 0.0466. The van der Waals surface area contributed by atoms with Crippen LogP contribution >= 0.6 is 0 Å². The molecule has 7 heteroatoms. The Morgan fingerprint density at radius 2 is 2.03 bits per heavy atom. The van der Waals surface area contributed by atoms with Gasteiger partial charge in [0, 0.05) is 24.3 Å². The highest BCUT2D eigenvalue weighted by molar-refractivity contribution is 5.82. The Balaban J connectivity index is 1.39. The van der Waals surface area contributed by atoms with E-state index in [-0.39, 0.29) is 24.1 Å². The second kappa shape index (κ2) is 11.8. The molecule has 1 saturated heterocycles. The maximum Gasteiger partial charge on any atom is 0.237 e. The Bertz CT molecular complexity index is 756. The first kappa shape index (κ1) is 24.7. The van der Waals surface area contributed by atoms with Crippen LogP contribution in [0.1, 0.15) is 51.0 Å². The summed E-state index contributed by atoms with van der Waals surface area (Å²) in [5.41, 5.74) is 7.44. The molecular formula is C25H41N5O2. The van der Waals surface area contributed by atoms with Crippen LogP contribution in [0, 0.1) is 11.8 Å². The van der Waals surface area contributed by atoms with Crippen molar-refractivity contribution in [3.63, 3.8) is 0 Å². The molecule has 7 nitrogen and oxygen atoms in total. The van der Waals surface area contributed by atoms with Gasteiger partial charge in [-0.05, 0) is 102 Å². The van der Waals surface area contributed by atoms with Crippen LogP contribution in [0.4, 0.5) is 0 Å². The standard InChI is InChI=1S/C25H41N5O2/c1-17(16-26)22-6-5-9-28-25(22)32-18(2)12-20-13-21(14-20)29-24(31)23(27-3)15-19-7-10-30(4)11-8-19/h5-6,9,18-21,23,27H,1,7-8,10-16,26H2,2-4H3,(H,29,31)/t18-,20?,21?,23?/m0/s1. The van der Waals surface area contributed by atoms with Gasteiger partial charge >= 0.3 is 0 Å². The van der Waals surface area contributed by atoms with Crippen molar-refractivity contribution in [2.45, 2.75) is 63.6 Å². The summed E-state index contributed by atoms with van der Waals surface area (Å²) in [6.07, 6.45) is 8.03. The Morgan fingerprint density at radius 3 is 2.69 bits per heavy atom. The first-order valence-corrected chi connectivity index (χ1v) is 12.1. The lowest BCUT2D eigenvalue weighted by atomic mass is 9.77. The van der Waals surface area contributed by atoms with Gasteiger partial charge in [0.1, 0.15) is 0 Å².